The average molecular weight is 280 g/mol. The first-order chi connectivity index (χ1) is 9.24. The first kappa shape index (κ1) is 12.6. The molecular weight excluding hydrogens is 264 g/mol. The largest absolute Gasteiger partial charge is 0.354 e. The fourth-order valence-electron chi connectivity index (χ4n) is 2.60. The first-order valence-electron chi connectivity index (χ1n) is 6.43. The Balaban J connectivity index is 1.55. The lowest BCUT2D eigenvalue weighted by Gasteiger charge is -2.37. The van der Waals surface area contributed by atoms with E-state index in [4.69, 9.17) is 0 Å². The van der Waals surface area contributed by atoms with Crippen molar-refractivity contribution in [2.75, 3.05) is 32.7 Å². The van der Waals surface area contributed by atoms with Crippen molar-refractivity contribution < 1.29 is 9.59 Å². The summed E-state index contributed by atoms with van der Waals surface area (Å²) >= 11 is 1.38. The van der Waals surface area contributed by atoms with Gasteiger partial charge in [0.1, 0.15) is 0 Å². The Kier molecular flexibility index (Phi) is 3.48. The van der Waals surface area contributed by atoms with E-state index in [0.29, 0.717) is 30.6 Å². The van der Waals surface area contributed by atoms with E-state index in [1.165, 1.54) is 11.3 Å². The van der Waals surface area contributed by atoms with Crippen LogP contribution in [0.25, 0.3) is 0 Å². The number of nitrogens with zero attached hydrogens (tertiary/aromatic N) is 3. The third-order valence-electron chi connectivity index (χ3n) is 3.69. The third kappa shape index (κ3) is 2.62. The lowest BCUT2D eigenvalue weighted by molar-refractivity contribution is -0.119. The van der Waals surface area contributed by atoms with Crippen LogP contribution in [-0.4, -0.2) is 65.4 Å². The molecular formula is C12H16N4O2S. The zero-order valence-electron chi connectivity index (χ0n) is 10.5. The number of hydrogen-bond acceptors (Lipinski definition) is 5. The van der Waals surface area contributed by atoms with Crippen LogP contribution < -0.4 is 5.32 Å². The molecule has 102 valence electrons. The second-order valence-electron chi connectivity index (χ2n) is 4.83. The minimum absolute atomic E-state index is 0.0234. The number of amides is 2. The maximum atomic E-state index is 12.1. The van der Waals surface area contributed by atoms with Crippen molar-refractivity contribution in [3.63, 3.8) is 0 Å². The Morgan fingerprint density at radius 2 is 2.16 bits per heavy atom. The number of carbonyl (C=O) groups excluding carboxylic acids is 2. The van der Waals surface area contributed by atoms with E-state index < -0.39 is 0 Å². The maximum absolute atomic E-state index is 12.1. The molecule has 3 rings (SSSR count). The highest BCUT2D eigenvalue weighted by Crippen LogP contribution is 2.15. The van der Waals surface area contributed by atoms with Gasteiger partial charge in [0, 0.05) is 56.8 Å². The number of nitrogens with one attached hydrogen (secondary N) is 1. The van der Waals surface area contributed by atoms with E-state index >= 15 is 0 Å². The summed E-state index contributed by atoms with van der Waals surface area (Å²) in [5, 5.41) is 5.23. The quantitative estimate of drug-likeness (QED) is 0.814. The molecule has 1 N–H and O–H groups in total. The lowest BCUT2D eigenvalue weighted by atomic mass is 10.2. The normalized spacial score (nSPS) is 24.5. The van der Waals surface area contributed by atoms with Gasteiger partial charge in [-0.1, -0.05) is 0 Å². The molecule has 1 atom stereocenters. The van der Waals surface area contributed by atoms with Crippen molar-refractivity contribution in [2.45, 2.75) is 12.5 Å². The summed E-state index contributed by atoms with van der Waals surface area (Å²) in [4.78, 5) is 31.5. The van der Waals surface area contributed by atoms with Crippen LogP contribution in [0, 0.1) is 0 Å². The van der Waals surface area contributed by atoms with Crippen molar-refractivity contribution in [1.29, 1.82) is 0 Å². The molecule has 1 aromatic heterocycles. The van der Waals surface area contributed by atoms with Crippen molar-refractivity contribution in [1.82, 2.24) is 20.1 Å². The Hall–Kier alpha value is -1.47. The summed E-state index contributed by atoms with van der Waals surface area (Å²) in [6.07, 6.45) is 2.24. The Bertz CT molecular complexity index is 468. The molecule has 19 heavy (non-hydrogen) atoms. The Morgan fingerprint density at radius 1 is 1.37 bits per heavy atom. The molecule has 0 aliphatic carbocycles. The van der Waals surface area contributed by atoms with Crippen LogP contribution in [0.15, 0.2) is 11.6 Å². The second-order valence-corrected chi connectivity index (χ2v) is 5.72. The molecule has 3 heterocycles. The van der Waals surface area contributed by atoms with Gasteiger partial charge in [0.2, 0.25) is 5.91 Å². The van der Waals surface area contributed by atoms with Gasteiger partial charge in [-0.15, -0.1) is 11.3 Å². The van der Waals surface area contributed by atoms with Gasteiger partial charge in [-0.3, -0.25) is 14.5 Å². The van der Waals surface area contributed by atoms with E-state index in [2.05, 4.69) is 15.2 Å². The van der Waals surface area contributed by atoms with Gasteiger partial charge in [0.15, 0.2) is 5.01 Å². The number of hydrogen-bond donors (Lipinski definition) is 1. The van der Waals surface area contributed by atoms with Crippen LogP contribution >= 0.6 is 11.3 Å². The molecule has 2 fully saturated rings. The van der Waals surface area contributed by atoms with Crippen LogP contribution in [0.4, 0.5) is 0 Å². The van der Waals surface area contributed by atoms with Gasteiger partial charge in [-0.25, -0.2) is 4.98 Å². The van der Waals surface area contributed by atoms with Gasteiger partial charge < -0.3 is 10.2 Å². The second kappa shape index (κ2) is 5.26. The van der Waals surface area contributed by atoms with Crippen molar-refractivity contribution in [3.05, 3.63) is 16.6 Å². The molecule has 0 spiro atoms. The number of rotatable bonds is 2. The van der Waals surface area contributed by atoms with Gasteiger partial charge >= 0.3 is 0 Å². The predicted octanol–water partition coefficient (Wildman–Crippen LogP) is -0.211. The monoisotopic (exact) mass is 280 g/mol. The number of thiazole rings is 1. The van der Waals surface area contributed by atoms with Gasteiger partial charge in [-0.05, 0) is 0 Å². The molecule has 2 aliphatic heterocycles. The SMILES string of the molecule is O=C1CC(N2CCN(C(=O)c3nccs3)CC2)CN1. The van der Waals surface area contributed by atoms with Crippen LogP contribution in [0.2, 0.25) is 0 Å². The van der Waals surface area contributed by atoms with Gasteiger partial charge in [0.05, 0.1) is 0 Å². The molecule has 2 saturated heterocycles. The van der Waals surface area contributed by atoms with E-state index in [1.54, 1.807) is 6.20 Å². The van der Waals surface area contributed by atoms with Gasteiger partial charge in [-0.2, -0.15) is 0 Å². The van der Waals surface area contributed by atoms with Crippen LogP contribution in [0.3, 0.4) is 0 Å². The maximum Gasteiger partial charge on any atom is 0.282 e. The molecule has 0 radical (unpaired) electrons. The predicted molar refractivity (Wildman–Crippen MR) is 71.0 cm³/mol. The number of carbonyl (C=O) groups is 2. The standard InChI is InChI=1S/C12H16N4O2S/c17-10-7-9(8-14-10)15-2-4-16(5-3-15)12(18)11-13-1-6-19-11/h1,6,9H,2-5,7-8H2,(H,14,17). The van der Waals surface area contributed by atoms with E-state index in [1.807, 2.05) is 10.3 Å². The summed E-state index contributed by atoms with van der Waals surface area (Å²) in [6.45, 7) is 3.82. The molecule has 2 aliphatic rings. The number of aromatic nitrogens is 1. The van der Waals surface area contributed by atoms with Crippen LogP contribution in [-0.2, 0) is 4.79 Å². The summed E-state index contributed by atoms with van der Waals surface area (Å²) in [5.41, 5.74) is 0. The lowest BCUT2D eigenvalue weighted by Crippen LogP contribution is -2.52. The molecule has 1 aromatic rings. The summed E-state index contributed by atoms with van der Waals surface area (Å²) in [7, 11) is 0. The van der Waals surface area contributed by atoms with Gasteiger partial charge in [0.25, 0.3) is 5.91 Å². The van der Waals surface area contributed by atoms with Crippen molar-refractivity contribution in [3.8, 4) is 0 Å². The molecule has 6 nitrogen and oxygen atoms in total. The summed E-state index contributed by atoms with van der Waals surface area (Å²) in [5.74, 6) is 0.154. The summed E-state index contributed by atoms with van der Waals surface area (Å²) < 4.78 is 0. The highest BCUT2D eigenvalue weighted by molar-refractivity contribution is 7.11. The minimum atomic E-state index is 0.0234. The first-order valence-corrected chi connectivity index (χ1v) is 7.31. The molecule has 1 unspecified atom stereocenters. The van der Waals surface area contributed by atoms with Crippen LogP contribution in [0.5, 0.6) is 0 Å². The highest BCUT2D eigenvalue weighted by atomic mass is 32.1. The molecule has 0 saturated carbocycles. The van der Waals surface area contributed by atoms with E-state index in [0.717, 1.165) is 19.6 Å². The Labute approximate surface area is 115 Å². The van der Waals surface area contributed by atoms with E-state index in [9.17, 15) is 9.59 Å². The minimum Gasteiger partial charge on any atom is -0.354 e. The highest BCUT2D eigenvalue weighted by Gasteiger charge is 2.31. The molecule has 0 aromatic carbocycles. The van der Waals surface area contributed by atoms with E-state index in [-0.39, 0.29) is 11.8 Å². The third-order valence-corrected chi connectivity index (χ3v) is 4.45. The summed E-state index contributed by atoms with van der Waals surface area (Å²) in [6, 6.07) is 0.296. The molecule has 0 bridgehead atoms. The zero-order chi connectivity index (χ0) is 13.2. The smallest absolute Gasteiger partial charge is 0.282 e. The zero-order valence-corrected chi connectivity index (χ0v) is 11.4. The van der Waals surface area contributed by atoms with Crippen molar-refractivity contribution in [2.24, 2.45) is 0 Å². The fourth-order valence-corrected chi connectivity index (χ4v) is 3.20. The number of piperazine rings is 1. The fraction of sp³-hybridized carbons (Fsp3) is 0.583. The average Bonchev–Trinajstić information content (AvgIpc) is 3.09. The van der Waals surface area contributed by atoms with Crippen LogP contribution in [0.1, 0.15) is 16.2 Å². The Morgan fingerprint density at radius 3 is 2.74 bits per heavy atom. The molecule has 7 heteroatoms. The van der Waals surface area contributed by atoms with Crippen molar-refractivity contribution >= 4 is 23.2 Å². The molecule has 2 amide bonds. The topological polar surface area (TPSA) is 65.5 Å².